The number of carbonyl (C=O) groups is 1. The third kappa shape index (κ3) is 2.30. The molecule has 6 heteroatoms. The highest BCUT2D eigenvalue weighted by Crippen LogP contribution is 2.39. The van der Waals surface area contributed by atoms with Gasteiger partial charge in [-0.25, -0.2) is 13.6 Å². The maximum Gasteiger partial charge on any atom is 0.341 e. The van der Waals surface area contributed by atoms with E-state index in [9.17, 15) is 18.7 Å². The quantitative estimate of drug-likeness (QED) is 0.929. The Bertz CT molecular complexity index is 690. The fourth-order valence-corrected chi connectivity index (χ4v) is 2.85. The average molecular weight is 293 g/mol. The summed E-state index contributed by atoms with van der Waals surface area (Å²) in [5.74, 6) is -3.16. The Morgan fingerprint density at radius 3 is 2.67 bits per heavy atom. The van der Waals surface area contributed by atoms with E-state index in [0.29, 0.717) is 0 Å². The van der Waals surface area contributed by atoms with Crippen LogP contribution in [0.5, 0.6) is 0 Å². The molecule has 4 nitrogen and oxygen atoms in total. The fourth-order valence-electron chi connectivity index (χ4n) is 2.85. The smallest absolute Gasteiger partial charge is 0.341 e. The summed E-state index contributed by atoms with van der Waals surface area (Å²) in [6.07, 6.45) is 3.63. The molecule has 0 atom stereocenters. The standard InChI is InChI=1S/C15H13F2NO3/c16-10-7-3-6-9(12(10)17)13-11(15(19)20)14(21-18-13)8-4-1-2-5-8/h3,6-8H,1-2,4-5H2,(H,19,20). The minimum Gasteiger partial charge on any atom is -0.477 e. The van der Waals surface area contributed by atoms with Crippen molar-refractivity contribution in [3.05, 3.63) is 41.2 Å². The molecule has 1 N–H and O–H groups in total. The van der Waals surface area contributed by atoms with Gasteiger partial charge in [-0.2, -0.15) is 0 Å². The van der Waals surface area contributed by atoms with Crippen molar-refractivity contribution < 1.29 is 23.2 Å². The summed E-state index contributed by atoms with van der Waals surface area (Å²) in [7, 11) is 0. The molecule has 2 aromatic rings. The SMILES string of the molecule is O=C(O)c1c(-c2cccc(F)c2F)noc1C1CCCC1. The molecular formula is C15H13F2NO3. The largest absolute Gasteiger partial charge is 0.477 e. The topological polar surface area (TPSA) is 63.3 Å². The molecule has 0 radical (unpaired) electrons. The number of carboxylic acids is 1. The molecule has 0 saturated heterocycles. The lowest BCUT2D eigenvalue weighted by atomic mass is 9.97. The first-order chi connectivity index (χ1) is 10.1. The van der Waals surface area contributed by atoms with Gasteiger partial charge >= 0.3 is 5.97 Å². The van der Waals surface area contributed by atoms with E-state index in [0.717, 1.165) is 31.7 Å². The van der Waals surface area contributed by atoms with Gasteiger partial charge in [-0.3, -0.25) is 0 Å². The molecule has 1 aliphatic rings. The fraction of sp³-hybridized carbons (Fsp3) is 0.333. The number of carboxylic acid groups (broad SMARTS) is 1. The van der Waals surface area contributed by atoms with Crippen LogP contribution < -0.4 is 0 Å². The van der Waals surface area contributed by atoms with Crippen LogP contribution >= 0.6 is 0 Å². The molecule has 1 saturated carbocycles. The molecule has 0 bridgehead atoms. The molecular weight excluding hydrogens is 280 g/mol. The molecule has 1 aliphatic carbocycles. The lowest BCUT2D eigenvalue weighted by molar-refractivity contribution is 0.0694. The molecule has 0 spiro atoms. The van der Waals surface area contributed by atoms with Crippen molar-refractivity contribution in [2.75, 3.05) is 0 Å². The maximum atomic E-state index is 13.9. The third-order valence-electron chi connectivity index (χ3n) is 3.87. The summed E-state index contributed by atoms with van der Waals surface area (Å²) in [6, 6.07) is 3.57. The van der Waals surface area contributed by atoms with Crippen LogP contribution in [0.25, 0.3) is 11.3 Å². The predicted octanol–water partition coefficient (Wildman–Crippen LogP) is 3.98. The summed E-state index contributed by atoms with van der Waals surface area (Å²) in [6.45, 7) is 0. The van der Waals surface area contributed by atoms with Gasteiger partial charge in [0.15, 0.2) is 17.4 Å². The van der Waals surface area contributed by atoms with Gasteiger partial charge in [-0.15, -0.1) is 0 Å². The van der Waals surface area contributed by atoms with Crippen LogP contribution in [0.1, 0.15) is 47.7 Å². The lowest BCUT2D eigenvalue weighted by Crippen LogP contribution is -2.05. The second kappa shape index (κ2) is 5.27. The summed E-state index contributed by atoms with van der Waals surface area (Å²) < 4.78 is 32.4. The molecule has 0 amide bonds. The second-order valence-electron chi connectivity index (χ2n) is 5.16. The number of hydrogen-bond donors (Lipinski definition) is 1. The summed E-state index contributed by atoms with van der Waals surface area (Å²) in [4.78, 5) is 11.5. The molecule has 0 unspecified atom stereocenters. The van der Waals surface area contributed by atoms with Crippen molar-refractivity contribution >= 4 is 5.97 Å². The minimum absolute atomic E-state index is 0.0195. The molecule has 110 valence electrons. The molecule has 1 aromatic heterocycles. The molecule has 1 heterocycles. The molecule has 1 aromatic carbocycles. The zero-order valence-electron chi connectivity index (χ0n) is 11.1. The first-order valence-corrected chi connectivity index (χ1v) is 6.77. The van der Waals surface area contributed by atoms with Gasteiger partial charge in [0, 0.05) is 11.5 Å². The van der Waals surface area contributed by atoms with Crippen LogP contribution in [0, 0.1) is 11.6 Å². The van der Waals surface area contributed by atoms with E-state index in [-0.39, 0.29) is 28.5 Å². The average Bonchev–Trinajstić information content (AvgIpc) is 3.09. The van der Waals surface area contributed by atoms with E-state index < -0.39 is 17.6 Å². The molecule has 3 rings (SSSR count). The van der Waals surface area contributed by atoms with E-state index in [2.05, 4.69) is 5.16 Å². The van der Waals surface area contributed by atoms with Crippen molar-refractivity contribution in [2.45, 2.75) is 31.6 Å². The van der Waals surface area contributed by atoms with Gasteiger partial charge in [-0.1, -0.05) is 24.1 Å². The number of aromatic nitrogens is 1. The Morgan fingerprint density at radius 1 is 1.29 bits per heavy atom. The van der Waals surface area contributed by atoms with Crippen LogP contribution in [0.2, 0.25) is 0 Å². The number of halogens is 2. The predicted molar refractivity (Wildman–Crippen MR) is 70.0 cm³/mol. The summed E-state index contributed by atoms with van der Waals surface area (Å²) in [5, 5.41) is 13.1. The van der Waals surface area contributed by atoms with Crippen molar-refractivity contribution in [2.24, 2.45) is 0 Å². The van der Waals surface area contributed by atoms with Crippen molar-refractivity contribution in [3.8, 4) is 11.3 Å². The highest BCUT2D eigenvalue weighted by molar-refractivity contribution is 5.96. The highest BCUT2D eigenvalue weighted by atomic mass is 19.2. The molecule has 0 aliphatic heterocycles. The number of aromatic carboxylic acids is 1. The number of benzene rings is 1. The van der Waals surface area contributed by atoms with E-state index in [4.69, 9.17) is 4.52 Å². The van der Waals surface area contributed by atoms with Gasteiger partial charge in [0.05, 0.1) is 0 Å². The first-order valence-electron chi connectivity index (χ1n) is 6.77. The first kappa shape index (κ1) is 13.7. The van der Waals surface area contributed by atoms with E-state index in [1.54, 1.807) is 0 Å². The summed E-state index contributed by atoms with van der Waals surface area (Å²) in [5.41, 5.74) is -0.506. The minimum atomic E-state index is -1.24. The molecule has 1 fully saturated rings. The van der Waals surface area contributed by atoms with Gasteiger partial charge in [0.2, 0.25) is 0 Å². The van der Waals surface area contributed by atoms with Crippen LogP contribution in [0.15, 0.2) is 22.7 Å². The van der Waals surface area contributed by atoms with Crippen LogP contribution in [-0.2, 0) is 0 Å². The van der Waals surface area contributed by atoms with Crippen LogP contribution in [0.3, 0.4) is 0 Å². The van der Waals surface area contributed by atoms with Crippen LogP contribution in [0.4, 0.5) is 8.78 Å². The van der Waals surface area contributed by atoms with Gasteiger partial charge in [-0.05, 0) is 25.0 Å². The van der Waals surface area contributed by atoms with Crippen molar-refractivity contribution in [1.29, 1.82) is 0 Å². The number of hydrogen-bond acceptors (Lipinski definition) is 3. The third-order valence-corrected chi connectivity index (χ3v) is 3.87. The second-order valence-corrected chi connectivity index (χ2v) is 5.16. The highest BCUT2D eigenvalue weighted by Gasteiger charge is 2.32. The van der Waals surface area contributed by atoms with E-state index in [1.165, 1.54) is 12.1 Å². The van der Waals surface area contributed by atoms with Crippen molar-refractivity contribution in [1.82, 2.24) is 5.16 Å². The van der Waals surface area contributed by atoms with Crippen molar-refractivity contribution in [3.63, 3.8) is 0 Å². The zero-order chi connectivity index (χ0) is 15.0. The Balaban J connectivity index is 2.15. The zero-order valence-corrected chi connectivity index (χ0v) is 11.1. The Hall–Kier alpha value is -2.24. The van der Waals surface area contributed by atoms with E-state index in [1.807, 2.05) is 0 Å². The number of nitrogens with zero attached hydrogens (tertiary/aromatic N) is 1. The lowest BCUT2D eigenvalue weighted by Gasteiger charge is -2.06. The van der Waals surface area contributed by atoms with Gasteiger partial charge in [0.25, 0.3) is 0 Å². The summed E-state index contributed by atoms with van der Waals surface area (Å²) >= 11 is 0. The Kier molecular flexibility index (Phi) is 3.45. The van der Waals surface area contributed by atoms with E-state index >= 15 is 0 Å². The number of rotatable bonds is 3. The maximum absolute atomic E-state index is 13.9. The normalized spacial score (nSPS) is 15.5. The van der Waals surface area contributed by atoms with Gasteiger partial charge in [0.1, 0.15) is 11.3 Å². The van der Waals surface area contributed by atoms with Gasteiger partial charge < -0.3 is 9.63 Å². The Labute approximate surface area is 119 Å². The monoisotopic (exact) mass is 293 g/mol. The van der Waals surface area contributed by atoms with Crippen LogP contribution in [-0.4, -0.2) is 16.2 Å². The molecule has 21 heavy (non-hydrogen) atoms. The Morgan fingerprint density at radius 2 is 2.00 bits per heavy atom.